The number of halogens is 4. The fourth-order valence-electron chi connectivity index (χ4n) is 1.81. The van der Waals surface area contributed by atoms with E-state index in [9.17, 15) is 13.2 Å². The van der Waals surface area contributed by atoms with Crippen molar-refractivity contribution in [2.24, 2.45) is 21.7 Å². The molecule has 0 aliphatic heterocycles. The van der Waals surface area contributed by atoms with Crippen LogP contribution < -0.4 is 11.5 Å². The van der Waals surface area contributed by atoms with Crippen LogP contribution in [0.3, 0.4) is 0 Å². The summed E-state index contributed by atoms with van der Waals surface area (Å²) in [7, 11) is 0. The topological polar surface area (TPSA) is 76.8 Å². The van der Waals surface area contributed by atoms with Crippen LogP contribution in [0.2, 0.25) is 5.02 Å². The smallest absolute Gasteiger partial charge is 0.369 e. The maximum absolute atomic E-state index is 12.6. The van der Waals surface area contributed by atoms with Crippen molar-refractivity contribution in [3.05, 3.63) is 70.2 Å². The minimum atomic E-state index is -4.41. The molecule has 0 atom stereocenters. The number of guanidine groups is 1. The molecular formula is C15H12ClF3N4. The largest absolute Gasteiger partial charge is 0.416 e. The molecule has 8 heteroatoms. The molecule has 0 saturated heterocycles. The summed E-state index contributed by atoms with van der Waals surface area (Å²) in [5.74, 6) is -0.261. The lowest BCUT2D eigenvalue weighted by molar-refractivity contribution is -0.137. The standard InChI is InChI=1S/C15H12ClF3N4/c16-12-7-3-10(4-8-12)13(22-23-14(20)21)9-1-5-11(6-2-9)15(17,18)19/h1-8H,(H4,20,21,23)/b22-13+. The fraction of sp³-hybridized carbons (Fsp3) is 0.0667. The van der Waals surface area contributed by atoms with Gasteiger partial charge in [-0.15, -0.1) is 10.2 Å². The summed E-state index contributed by atoms with van der Waals surface area (Å²) in [5.41, 5.74) is 11.1. The predicted molar refractivity (Wildman–Crippen MR) is 84.3 cm³/mol. The van der Waals surface area contributed by atoms with Gasteiger partial charge in [0, 0.05) is 16.1 Å². The molecule has 0 aliphatic carbocycles. The highest BCUT2D eigenvalue weighted by atomic mass is 35.5. The van der Waals surface area contributed by atoms with Crippen molar-refractivity contribution in [2.45, 2.75) is 6.18 Å². The zero-order valence-corrected chi connectivity index (χ0v) is 12.4. The highest BCUT2D eigenvalue weighted by molar-refractivity contribution is 6.30. The van der Waals surface area contributed by atoms with E-state index in [0.29, 0.717) is 21.9 Å². The van der Waals surface area contributed by atoms with Crippen molar-refractivity contribution < 1.29 is 13.2 Å². The number of nitrogens with zero attached hydrogens (tertiary/aromatic N) is 2. The molecule has 0 heterocycles. The van der Waals surface area contributed by atoms with E-state index in [0.717, 1.165) is 12.1 Å². The maximum Gasteiger partial charge on any atom is 0.416 e. The van der Waals surface area contributed by atoms with Crippen LogP contribution in [0.25, 0.3) is 0 Å². The SMILES string of the molecule is NC(N)=N/N=C(/c1ccc(Cl)cc1)c1ccc(C(F)(F)F)cc1. The Bertz CT molecular complexity index is 731. The molecule has 2 aromatic rings. The highest BCUT2D eigenvalue weighted by Crippen LogP contribution is 2.29. The average Bonchev–Trinajstić information content (AvgIpc) is 2.48. The van der Waals surface area contributed by atoms with Gasteiger partial charge in [-0.3, -0.25) is 0 Å². The Morgan fingerprint density at radius 2 is 1.30 bits per heavy atom. The minimum absolute atomic E-state index is 0.261. The van der Waals surface area contributed by atoms with Crippen molar-refractivity contribution in [1.82, 2.24) is 0 Å². The molecule has 0 fully saturated rings. The molecule has 0 unspecified atom stereocenters. The first-order valence-corrected chi connectivity index (χ1v) is 6.75. The van der Waals surface area contributed by atoms with E-state index >= 15 is 0 Å². The second-order valence-corrected chi connectivity index (χ2v) is 4.99. The number of nitrogens with two attached hydrogens (primary N) is 2. The Labute approximate surface area is 135 Å². The van der Waals surface area contributed by atoms with Crippen LogP contribution in [0.15, 0.2) is 58.7 Å². The summed E-state index contributed by atoms with van der Waals surface area (Å²) in [4.78, 5) is 0. The molecule has 0 aromatic heterocycles. The van der Waals surface area contributed by atoms with E-state index in [1.807, 2.05) is 0 Å². The Balaban J connectivity index is 2.48. The van der Waals surface area contributed by atoms with E-state index in [4.69, 9.17) is 23.1 Å². The van der Waals surface area contributed by atoms with Crippen molar-refractivity contribution in [3.63, 3.8) is 0 Å². The lowest BCUT2D eigenvalue weighted by atomic mass is 10.0. The second-order valence-electron chi connectivity index (χ2n) is 4.56. The summed E-state index contributed by atoms with van der Waals surface area (Å²) in [6.45, 7) is 0. The lowest BCUT2D eigenvalue weighted by Crippen LogP contribution is -2.22. The monoisotopic (exact) mass is 340 g/mol. The predicted octanol–water partition coefficient (Wildman–Crippen LogP) is 3.38. The zero-order chi connectivity index (χ0) is 17.0. The normalized spacial score (nSPS) is 12.1. The Hall–Kier alpha value is -2.54. The molecule has 0 bridgehead atoms. The van der Waals surface area contributed by atoms with Gasteiger partial charge in [0.1, 0.15) is 5.71 Å². The van der Waals surface area contributed by atoms with Crippen LogP contribution in [0.4, 0.5) is 13.2 Å². The van der Waals surface area contributed by atoms with Gasteiger partial charge in [-0.05, 0) is 24.3 Å². The van der Waals surface area contributed by atoms with Crippen molar-refractivity contribution >= 4 is 23.3 Å². The summed E-state index contributed by atoms with van der Waals surface area (Å²) < 4.78 is 37.9. The van der Waals surface area contributed by atoms with Gasteiger partial charge in [0.15, 0.2) is 0 Å². The third-order valence-electron chi connectivity index (χ3n) is 2.87. The van der Waals surface area contributed by atoms with Crippen LogP contribution in [0, 0.1) is 0 Å². The average molecular weight is 341 g/mol. The van der Waals surface area contributed by atoms with Crippen molar-refractivity contribution in [2.75, 3.05) is 0 Å². The summed E-state index contributed by atoms with van der Waals surface area (Å²) in [5, 5.41) is 8.01. The third-order valence-corrected chi connectivity index (χ3v) is 3.12. The first-order valence-electron chi connectivity index (χ1n) is 6.37. The van der Waals surface area contributed by atoms with E-state index in [1.165, 1.54) is 12.1 Å². The van der Waals surface area contributed by atoms with Gasteiger partial charge in [-0.25, -0.2) is 0 Å². The van der Waals surface area contributed by atoms with Crippen LogP contribution in [-0.4, -0.2) is 11.7 Å². The number of rotatable bonds is 3. The van der Waals surface area contributed by atoms with Gasteiger partial charge in [0.2, 0.25) is 5.96 Å². The summed E-state index contributed by atoms with van der Waals surface area (Å²) >= 11 is 5.83. The number of benzene rings is 2. The molecule has 0 aliphatic rings. The maximum atomic E-state index is 12.6. The molecule has 4 nitrogen and oxygen atoms in total. The molecule has 0 saturated carbocycles. The fourth-order valence-corrected chi connectivity index (χ4v) is 1.94. The zero-order valence-electron chi connectivity index (χ0n) is 11.7. The Morgan fingerprint density at radius 3 is 1.74 bits per heavy atom. The van der Waals surface area contributed by atoms with Gasteiger partial charge >= 0.3 is 6.18 Å². The van der Waals surface area contributed by atoms with Crippen LogP contribution in [0.5, 0.6) is 0 Å². The second kappa shape index (κ2) is 6.70. The Kier molecular flexibility index (Phi) is 4.90. The van der Waals surface area contributed by atoms with Gasteiger partial charge in [0.25, 0.3) is 0 Å². The molecule has 2 rings (SSSR count). The third kappa shape index (κ3) is 4.46. The molecular weight excluding hydrogens is 329 g/mol. The molecule has 2 aromatic carbocycles. The number of hydrogen-bond donors (Lipinski definition) is 2. The minimum Gasteiger partial charge on any atom is -0.369 e. The molecule has 0 spiro atoms. The molecule has 23 heavy (non-hydrogen) atoms. The van der Waals surface area contributed by atoms with Gasteiger partial charge in [0.05, 0.1) is 5.56 Å². The first kappa shape index (κ1) is 16.8. The Morgan fingerprint density at radius 1 is 0.826 bits per heavy atom. The van der Waals surface area contributed by atoms with Crippen LogP contribution in [0.1, 0.15) is 16.7 Å². The molecule has 0 amide bonds. The van der Waals surface area contributed by atoms with E-state index in [-0.39, 0.29) is 5.96 Å². The number of alkyl halides is 3. The van der Waals surface area contributed by atoms with E-state index in [2.05, 4.69) is 10.2 Å². The van der Waals surface area contributed by atoms with Crippen LogP contribution in [-0.2, 0) is 6.18 Å². The quantitative estimate of drug-likeness (QED) is 0.510. The van der Waals surface area contributed by atoms with E-state index in [1.54, 1.807) is 24.3 Å². The van der Waals surface area contributed by atoms with Crippen molar-refractivity contribution in [3.8, 4) is 0 Å². The summed E-state index contributed by atoms with van der Waals surface area (Å²) in [6.07, 6.45) is -4.41. The first-order chi connectivity index (χ1) is 10.8. The molecule has 120 valence electrons. The van der Waals surface area contributed by atoms with E-state index < -0.39 is 11.7 Å². The summed E-state index contributed by atoms with van der Waals surface area (Å²) in [6, 6.07) is 11.1. The lowest BCUT2D eigenvalue weighted by Gasteiger charge is -2.09. The van der Waals surface area contributed by atoms with Crippen molar-refractivity contribution in [1.29, 1.82) is 0 Å². The molecule has 0 radical (unpaired) electrons. The van der Waals surface area contributed by atoms with Crippen LogP contribution >= 0.6 is 11.6 Å². The highest BCUT2D eigenvalue weighted by Gasteiger charge is 2.30. The van der Waals surface area contributed by atoms with Gasteiger partial charge in [-0.1, -0.05) is 35.9 Å². The number of hydrogen-bond acceptors (Lipinski definition) is 2. The van der Waals surface area contributed by atoms with Gasteiger partial charge in [-0.2, -0.15) is 13.2 Å². The molecule has 4 N–H and O–H groups in total. The van der Waals surface area contributed by atoms with Gasteiger partial charge < -0.3 is 11.5 Å².